The Morgan fingerprint density at radius 2 is 1.11 bits per heavy atom. The van der Waals surface area contributed by atoms with Gasteiger partial charge in [0.1, 0.15) is 5.58 Å². The number of benzene rings is 5. The highest BCUT2D eigenvalue weighted by Gasteiger charge is 2.36. The van der Waals surface area contributed by atoms with E-state index in [4.69, 9.17) is 19.4 Å². The second kappa shape index (κ2) is 17.0. The molecule has 0 bridgehead atoms. The van der Waals surface area contributed by atoms with Crippen molar-refractivity contribution in [2.45, 2.75) is 57.3 Å². The Labute approximate surface area is 374 Å². The van der Waals surface area contributed by atoms with Crippen molar-refractivity contribution in [2.24, 2.45) is 0 Å². The van der Waals surface area contributed by atoms with Gasteiger partial charge in [0.15, 0.2) is 0 Å². The first kappa shape index (κ1) is 39.4. The topological polar surface area (TPSA) is 64.7 Å². The molecule has 1 saturated carbocycles. The van der Waals surface area contributed by atoms with Gasteiger partial charge in [-0.25, -0.2) is 4.98 Å². The zero-order chi connectivity index (χ0) is 42.9. The maximum atomic E-state index is 6.35. The number of hydrogen-bond donors (Lipinski definition) is 0. The number of rotatable bonds is 11. The number of para-hydroxylation sites is 1. The number of pyridine rings is 4. The van der Waals surface area contributed by atoms with Gasteiger partial charge in [0, 0.05) is 62.7 Å². The maximum absolute atomic E-state index is 6.35. The lowest BCUT2D eigenvalue weighted by Gasteiger charge is -2.30. The first-order chi connectivity index (χ1) is 31.5. The third kappa shape index (κ3) is 7.79. The second-order valence-corrected chi connectivity index (χ2v) is 17.5. The fraction of sp³-hybridized carbons (Fsp3) is 0.153. The normalized spacial score (nSPS) is 13.5. The van der Waals surface area contributed by atoms with Crippen molar-refractivity contribution in [3.63, 3.8) is 0 Å². The summed E-state index contributed by atoms with van der Waals surface area (Å²) in [7, 11) is 0. The summed E-state index contributed by atoms with van der Waals surface area (Å²) in [4.78, 5) is 19.6. The van der Waals surface area contributed by atoms with Crippen LogP contribution in [0.2, 0.25) is 0 Å². The standard InChI is InChI=1S/C59H48N4O/c1-40-21-27-52-51-19-12-20-53(57(51)64-58(52)63-40)56-29-25-46(38-61-56)49-17-8-9-18-50(49)47-34-42(23-22-41-24-28-54(60-37-41)44-13-4-2-5-14-44)33-43(35-47)36-59(31-10-11-32-59)48-26-30-55(62-39-48)45-15-6-3-7-16-45/h2-9,12-21,24-30,33-35,37-39H,10-11,22-23,31-32,36H2,1H3. The Morgan fingerprint density at radius 1 is 0.469 bits per heavy atom. The predicted molar refractivity (Wildman–Crippen MR) is 261 cm³/mol. The van der Waals surface area contributed by atoms with Crippen LogP contribution in [0.25, 0.3) is 78.1 Å². The Bertz CT molecular complexity index is 3220. The summed E-state index contributed by atoms with van der Waals surface area (Å²) in [5.74, 6) is 0. The van der Waals surface area contributed by atoms with Crippen LogP contribution in [0.15, 0.2) is 193 Å². The van der Waals surface area contributed by atoms with E-state index in [0.29, 0.717) is 5.71 Å². The van der Waals surface area contributed by atoms with Crippen LogP contribution in [-0.4, -0.2) is 19.9 Å². The van der Waals surface area contributed by atoms with Crippen molar-refractivity contribution in [2.75, 3.05) is 0 Å². The molecule has 1 aliphatic rings. The summed E-state index contributed by atoms with van der Waals surface area (Å²) in [5.41, 5.74) is 18.5. The highest BCUT2D eigenvalue weighted by atomic mass is 16.3. The molecule has 0 radical (unpaired) electrons. The zero-order valence-electron chi connectivity index (χ0n) is 36.0. The summed E-state index contributed by atoms with van der Waals surface area (Å²) >= 11 is 0. The Balaban J connectivity index is 0.941. The van der Waals surface area contributed by atoms with Crippen molar-refractivity contribution >= 4 is 22.1 Å². The van der Waals surface area contributed by atoms with E-state index in [2.05, 4.69) is 169 Å². The van der Waals surface area contributed by atoms with Crippen LogP contribution < -0.4 is 0 Å². The Hall–Kier alpha value is -7.50. The van der Waals surface area contributed by atoms with E-state index in [9.17, 15) is 0 Å². The van der Waals surface area contributed by atoms with Gasteiger partial charge in [-0.3, -0.25) is 15.0 Å². The Morgan fingerprint density at radius 3 is 1.80 bits per heavy atom. The van der Waals surface area contributed by atoms with Crippen molar-refractivity contribution < 1.29 is 4.42 Å². The van der Waals surface area contributed by atoms with Gasteiger partial charge in [0.2, 0.25) is 5.71 Å². The molecule has 0 spiro atoms. The minimum absolute atomic E-state index is 0.0339. The molecule has 10 aromatic rings. The molecule has 1 fully saturated rings. The van der Waals surface area contributed by atoms with Crippen LogP contribution in [0.4, 0.5) is 0 Å². The van der Waals surface area contributed by atoms with E-state index in [0.717, 1.165) is 99.1 Å². The van der Waals surface area contributed by atoms with E-state index >= 15 is 0 Å². The average Bonchev–Trinajstić information content (AvgIpc) is 3.99. The molecular weight excluding hydrogens is 781 g/mol. The molecule has 5 heteroatoms. The molecule has 11 rings (SSSR count). The molecule has 64 heavy (non-hydrogen) atoms. The maximum Gasteiger partial charge on any atom is 0.227 e. The van der Waals surface area contributed by atoms with E-state index in [1.807, 2.05) is 31.5 Å². The van der Waals surface area contributed by atoms with Crippen molar-refractivity contribution in [3.8, 4) is 56.0 Å². The largest absolute Gasteiger partial charge is 0.437 e. The summed E-state index contributed by atoms with van der Waals surface area (Å²) in [6.45, 7) is 1.99. The molecule has 0 amide bonds. The molecule has 0 unspecified atom stereocenters. The SMILES string of the molecule is Cc1ccc2c(n1)oc1c(-c3ccc(-c4ccccc4-c4cc(CCc5ccc(-c6ccccc6)nc5)cc(CC5(c6ccc(-c7ccccc7)nc6)CCCC5)c4)cn3)cccc12. The Kier molecular flexibility index (Phi) is 10.4. The van der Waals surface area contributed by atoms with Crippen LogP contribution in [0.3, 0.4) is 0 Å². The number of hydrogen-bond acceptors (Lipinski definition) is 5. The molecular formula is C59H48N4O. The molecule has 0 saturated heterocycles. The highest BCUT2D eigenvalue weighted by molar-refractivity contribution is 6.08. The first-order valence-electron chi connectivity index (χ1n) is 22.6. The van der Waals surface area contributed by atoms with E-state index in [1.165, 1.54) is 46.2 Å². The van der Waals surface area contributed by atoms with Crippen molar-refractivity contribution in [1.29, 1.82) is 0 Å². The lowest BCUT2D eigenvalue weighted by molar-refractivity contribution is 0.436. The second-order valence-electron chi connectivity index (χ2n) is 17.5. The number of aryl methyl sites for hydroxylation is 3. The average molecular weight is 829 g/mol. The summed E-state index contributed by atoms with van der Waals surface area (Å²) in [6.07, 6.45) is 13.8. The molecule has 1 aliphatic carbocycles. The summed E-state index contributed by atoms with van der Waals surface area (Å²) < 4.78 is 6.35. The number of fused-ring (bicyclic) bond motifs is 3. The molecule has 0 atom stereocenters. The minimum Gasteiger partial charge on any atom is -0.437 e. The molecule has 5 aromatic carbocycles. The van der Waals surface area contributed by atoms with Crippen LogP contribution >= 0.6 is 0 Å². The predicted octanol–water partition coefficient (Wildman–Crippen LogP) is 14.6. The molecule has 5 nitrogen and oxygen atoms in total. The molecule has 310 valence electrons. The van der Waals surface area contributed by atoms with Gasteiger partial charge in [-0.05, 0) is 114 Å². The molecule has 0 aliphatic heterocycles. The molecule has 0 N–H and O–H groups in total. The number of nitrogens with zero attached hydrogens (tertiary/aromatic N) is 4. The van der Waals surface area contributed by atoms with E-state index < -0.39 is 0 Å². The summed E-state index contributed by atoms with van der Waals surface area (Å²) in [6, 6.07) is 60.6. The van der Waals surface area contributed by atoms with Crippen molar-refractivity contribution in [1.82, 2.24) is 19.9 Å². The third-order valence-corrected chi connectivity index (χ3v) is 13.3. The highest BCUT2D eigenvalue weighted by Crippen LogP contribution is 2.45. The molecule has 5 heterocycles. The summed E-state index contributed by atoms with van der Waals surface area (Å²) in [5, 5.41) is 2.07. The molecule has 5 aromatic heterocycles. The number of furan rings is 1. The van der Waals surface area contributed by atoms with E-state index in [-0.39, 0.29) is 5.41 Å². The lowest BCUT2D eigenvalue weighted by Crippen LogP contribution is -2.25. The quantitative estimate of drug-likeness (QED) is 0.130. The van der Waals surface area contributed by atoms with Crippen LogP contribution in [0.5, 0.6) is 0 Å². The van der Waals surface area contributed by atoms with Gasteiger partial charge >= 0.3 is 0 Å². The fourth-order valence-electron chi connectivity index (χ4n) is 9.97. The van der Waals surface area contributed by atoms with E-state index in [1.54, 1.807) is 0 Å². The van der Waals surface area contributed by atoms with Crippen molar-refractivity contribution in [3.05, 3.63) is 216 Å². The van der Waals surface area contributed by atoms with Crippen LogP contribution in [0, 0.1) is 6.92 Å². The fourth-order valence-corrected chi connectivity index (χ4v) is 9.97. The number of aromatic nitrogens is 4. The first-order valence-corrected chi connectivity index (χ1v) is 22.6. The zero-order valence-corrected chi connectivity index (χ0v) is 36.0. The lowest BCUT2D eigenvalue weighted by atomic mass is 9.74. The van der Waals surface area contributed by atoms with Gasteiger partial charge in [0.05, 0.1) is 17.1 Å². The minimum atomic E-state index is 0.0339. The van der Waals surface area contributed by atoms with Gasteiger partial charge < -0.3 is 4.42 Å². The third-order valence-electron chi connectivity index (χ3n) is 13.3. The van der Waals surface area contributed by atoms with Crippen LogP contribution in [-0.2, 0) is 24.7 Å². The van der Waals surface area contributed by atoms with Gasteiger partial charge in [0.25, 0.3) is 0 Å². The van der Waals surface area contributed by atoms with Gasteiger partial charge in [-0.2, -0.15) is 0 Å². The van der Waals surface area contributed by atoms with Gasteiger partial charge in [-0.15, -0.1) is 0 Å². The monoisotopic (exact) mass is 828 g/mol. The smallest absolute Gasteiger partial charge is 0.227 e. The van der Waals surface area contributed by atoms with Gasteiger partial charge in [-0.1, -0.05) is 146 Å². The van der Waals surface area contributed by atoms with Crippen LogP contribution in [0.1, 0.15) is 53.6 Å².